The molecule has 6 N–H and O–H groups in total. The first kappa shape index (κ1) is 36.6. The molecular formula is C32H42F3N9O3S. The van der Waals surface area contributed by atoms with Gasteiger partial charge in [-0.15, -0.1) is 0 Å². The van der Waals surface area contributed by atoms with E-state index in [1.165, 1.54) is 34.8 Å². The Morgan fingerprint density at radius 3 is 2.52 bits per heavy atom. The molecule has 1 aliphatic heterocycles. The second-order valence-electron chi connectivity index (χ2n) is 11.4. The number of rotatable bonds is 13. The van der Waals surface area contributed by atoms with E-state index in [4.69, 9.17) is 16.3 Å². The molecule has 0 spiro atoms. The summed E-state index contributed by atoms with van der Waals surface area (Å²) in [7, 11) is 3.57. The maximum Gasteiger partial charge on any atom is 0.416 e. The van der Waals surface area contributed by atoms with Crippen LogP contribution in [0.3, 0.4) is 0 Å². The molecule has 0 unspecified atom stereocenters. The number of nitrogens with two attached hydrogens (primary N) is 2. The van der Waals surface area contributed by atoms with Gasteiger partial charge in [0.25, 0.3) is 5.91 Å². The van der Waals surface area contributed by atoms with Gasteiger partial charge in [-0.2, -0.15) is 13.2 Å². The number of carbonyl (C=O) groups is 2. The number of aromatic nitrogens is 1. The summed E-state index contributed by atoms with van der Waals surface area (Å²) >= 11 is 1.17. The van der Waals surface area contributed by atoms with Crippen molar-refractivity contribution in [2.75, 3.05) is 87.1 Å². The molecule has 260 valence electrons. The highest BCUT2D eigenvalue weighted by atomic mass is 32.1. The Kier molecular flexibility index (Phi) is 12.4. The van der Waals surface area contributed by atoms with Gasteiger partial charge < -0.3 is 30.9 Å². The zero-order valence-electron chi connectivity index (χ0n) is 27.4. The van der Waals surface area contributed by atoms with Crippen LogP contribution in [0.1, 0.15) is 33.3 Å². The van der Waals surface area contributed by atoms with Crippen LogP contribution < -0.4 is 32.1 Å². The lowest BCUT2D eigenvalue weighted by molar-refractivity contribution is -0.137. The van der Waals surface area contributed by atoms with Crippen LogP contribution in [0, 0.1) is 6.92 Å². The van der Waals surface area contributed by atoms with Crippen LogP contribution in [-0.4, -0.2) is 93.2 Å². The smallest absolute Gasteiger partial charge is 0.396 e. The molecule has 2 heterocycles. The molecule has 48 heavy (non-hydrogen) atoms. The van der Waals surface area contributed by atoms with Crippen LogP contribution in [0.25, 0.3) is 5.70 Å². The minimum Gasteiger partial charge on any atom is -0.396 e. The molecule has 0 bridgehead atoms. The third-order valence-electron chi connectivity index (χ3n) is 7.86. The number of amides is 2. The minimum absolute atomic E-state index is 0.0325. The maximum absolute atomic E-state index is 13.8. The number of piperazine rings is 1. The van der Waals surface area contributed by atoms with Crippen molar-refractivity contribution in [2.24, 2.45) is 11.6 Å². The molecule has 0 radical (unpaired) electrons. The highest BCUT2D eigenvalue weighted by Gasteiger charge is 2.32. The molecule has 3 aromatic rings. The van der Waals surface area contributed by atoms with Crippen LogP contribution in [-0.2, 0) is 15.7 Å². The molecule has 0 aliphatic carbocycles. The van der Waals surface area contributed by atoms with Crippen LogP contribution in [0.2, 0.25) is 0 Å². The topological polar surface area (TPSA) is 145 Å². The van der Waals surface area contributed by atoms with Crippen molar-refractivity contribution in [1.82, 2.24) is 14.8 Å². The number of carbonyl (C=O) groups excluding carboxylic acids is 2. The normalized spacial score (nSPS) is 14.4. The van der Waals surface area contributed by atoms with Gasteiger partial charge >= 0.3 is 6.18 Å². The van der Waals surface area contributed by atoms with Crippen LogP contribution >= 0.6 is 11.3 Å². The van der Waals surface area contributed by atoms with Gasteiger partial charge in [0.05, 0.1) is 35.0 Å². The van der Waals surface area contributed by atoms with Gasteiger partial charge in [-0.1, -0.05) is 24.3 Å². The standard InChI is InChI=1S/C32H42F3N9O3S/c1-5-42(12-13-47-4)20-29(45)40-31-38-18-28(48-31)26(36)19-44(37)27-14-22(7-6-21(27)2)30(46)39-24-15-23(32(33,34)35)16-25(17-24)43-10-8-41(3)9-11-43/h6-7,14-19H,5,8-13,20,36-37H2,1-4H3,(H,39,46)(H,38,40,45)/b26-19-. The van der Waals surface area contributed by atoms with E-state index < -0.39 is 17.6 Å². The van der Waals surface area contributed by atoms with Crippen molar-refractivity contribution < 1.29 is 27.5 Å². The Morgan fingerprint density at radius 2 is 1.85 bits per heavy atom. The Labute approximate surface area is 282 Å². The van der Waals surface area contributed by atoms with E-state index >= 15 is 0 Å². The van der Waals surface area contributed by atoms with Gasteiger partial charge in [-0.3, -0.25) is 19.5 Å². The van der Waals surface area contributed by atoms with E-state index in [1.807, 2.05) is 23.8 Å². The molecule has 1 aromatic heterocycles. The Morgan fingerprint density at radius 1 is 1.12 bits per heavy atom. The van der Waals surface area contributed by atoms with Gasteiger partial charge in [0.2, 0.25) is 5.91 Å². The van der Waals surface area contributed by atoms with E-state index in [9.17, 15) is 22.8 Å². The fourth-order valence-corrected chi connectivity index (χ4v) is 5.76. The molecule has 0 atom stereocenters. The first-order valence-electron chi connectivity index (χ1n) is 15.3. The van der Waals surface area contributed by atoms with Gasteiger partial charge in [0.15, 0.2) is 5.13 Å². The van der Waals surface area contributed by atoms with E-state index in [0.29, 0.717) is 67.3 Å². The van der Waals surface area contributed by atoms with Crippen LogP contribution in [0.5, 0.6) is 0 Å². The van der Waals surface area contributed by atoms with Gasteiger partial charge in [0, 0.05) is 69.2 Å². The highest BCUT2D eigenvalue weighted by molar-refractivity contribution is 7.16. The summed E-state index contributed by atoms with van der Waals surface area (Å²) in [6.07, 6.45) is -1.61. The average Bonchev–Trinajstić information content (AvgIpc) is 3.51. The molecule has 2 aromatic carbocycles. The number of likely N-dealkylation sites (N-methyl/N-ethyl adjacent to an activating group) is 2. The fourth-order valence-electron chi connectivity index (χ4n) is 5.01. The maximum atomic E-state index is 13.8. The SMILES string of the molecule is CCN(CCOC)CC(=O)Nc1ncc(/C(N)=C/N(N)c2cc(C(=O)Nc3cc(N4CCN(C)CC4)cc(C(F)(F)F)c3)ccc2C)s1. The molecule has 0 saturated carbocycles. The van der Waals surface area contributed by atoms with Crippen molar-refractivity contribution in [3.05, 3.63) is 70.4 Å². The Hall–Kier alpha value is -4.22. The lowest BCUT2D eigenvalue weighted by atomic mass is 10.1. The number of thiazole rings is 1. The molecule has 2 amide bonds. The van der Waals surface area contributed by atoms with Crippen molar-refractivity contribution in [3.63, 3.8) is 0 Å². The second kappa shape index (κ2) is 16.3. The van der Waals surface area contributed by atoms with Gasteiger partial charge in [-0.05, 0) is 56.4 Å². The zero-order chi connectivity index (χ0) is 35.0. The summed E-state index contributed by atoms with van der Waals surface area (Å²) in [4.78, 5) is 36.5. The largest absolute Gasteiger partial charge is 0.416 e. The van der Waals surface area contributed by atoms with E-state index in [0.717, 1.165) is 17.7 Å². The summed E-state index contributed by atoms with van der Waals surface area (Å²) in [5.41, 5.74) is 7.51. The lowest BCUT2D eigenvalue weighted by Crippen LogP contribution is -2.44. The van der Waals surface area contributed by atoms with Crippen molar-refractivity contribution >= 4 is 51.0 Å². The predicted octanol–water partition coefficient (Wildman–Crippen LogP) is 4.02. The predicted molar refractivity (Wildman–Crippen MR) is 184 cm³/mol. The number of halogens is 3. The Balaban J connectivity index is 1.47. The quantitative estimate of drug-likeness (QED) is 0.153. The number of alkyl halides is 3. The number of benzene rings is 2. The van der Waals surface area contributed by atoms with Crippen molar-refractivity contribution in [2.45, 2.75) is 20.0 Å². The number of anilines is 4. The average molecular weight is 690 g/mol. The fraction of sp³-hybridized carbons (Fsp3) is 0.406. The lowest BCUT2D eigenvalue weighted by Gasteiger charge is -2.34. The number of hydrazine groups is 1. The van der Waals surface area contributed by atoms with Crippen LogP contribution in [0.4, 0.5) is 35.4 Å². The first-order valence-corrected chi connectivity index (χ1v) is 16.1. The molecule has 4 rings (SSSR count). The van der Waals surface area contributed by atoms with E-state index in [1.54, 1.807) is 32.2 Å². The van der Waals surface area contributed by atoms with Crippen LogP contribution in [0.15, 0.2) is 48.8 Å². The summed E-state index contributed by atoms with van der Waals surface area (Å²) in [5.74, 6) is 5.52. The summed E-state index contributed by atoms with van der Waals surface area (Å²) in [6, 6.07) is 8.38. The minimum atomic E-state index is -4.59. The number of methoxy groups -OCH3 is 1. The number of aryl methyl sites for hydroxylation is 1. The van der Waals surface area contributed by atoms with Gasteiger partial charge in [0.1, 0.15) is 0 Å². The monoisotopic (exact) mass is 689 g/mol. The number of ether oxygens (including phenoxy) is 1. The van der Waals surface area contributed by atoms with Crippen molar-refractivity contribution in [1.29, 1.82) is 0 Å². The number of hydrogen-bond donors (Lipinski definition) is 4. The number of hydrogen-bond acceptors (Lipinski definition) is 11. The first-order chi connectivity index (χ1) is 22.8. The number of nitrogens with zero attached hydrogens (tertiary/aromatic N) is 5. The molecule has 16 heteroatoms. The zero-order valence-corrected chi connectivity index (χ0v) is 28.2. The summed E-state index contributed by atoms with van der Waals surface area (Å²) in [5, 5.41) is 7.03. The summed E-state index contributed by atoms with van der Waals surface area (Å²) < 4.78 is 46.5. The molecule has 1 aliphatic rings. The van der Waals surface area contributed by atoms with Gasteiger partial charge in [-0.25, -0.2) is 10.8 Å². The third-order valence-corrected chi connectivity index (χ3v) is 8.82. The second-order valence-corrected chi connectivity index (χ2v) is 12.5. The molecular weight excluding hydrogens is 647 g/mol. The number of nitrogens with one attached hydrogen (secondary N) is 2. The highest BCUT2D eigenvalue weighted by Crippen LogP contribution is 2.35. The van der Waals surface area contributed by atoms with Crippen molar-refractivity contribution in [3.8, 4) is 0 Å². The summed E-state index contributed by atoms with van der Waals surface area (Å²) in [6.45, 7) is 8.33. The van der Waals surface area contributed by atoms with E-state index in [-0.39, 0.29) is 29.4 Å². The molecule has 12 nitrogen and oxygen atoms in total. The molecule has 1 fully saturated rings. The van der Waals surface area contributed by atoms with E-state index in [2.05, 4.69) is 20.5 Å². The Bertz CT molecular complexity index is 1610. The molecule has 1 saturated heterocycles. The third kappa shape index (κ3) is 9.90.